The Balaban J connectivity index is 2.13. The second-order valence-electron chi connectivity index (χ2n) is 7.29. The molecule has 2 fully saturated rings. The minimum absolute atomic E-state index is 0.182. The van der Waals surface area contributed by atoms with Crippen molar-refractivity contribution in [2.24, 2.45) is 23.0 Å². The summed E-state index contributed by atoms with van der Waals surface area (Å²) in [6.45, 7) is 8.17. The van der Waals surface area contributed by atoms with Crippen LogP contribution in [0.4, 0.5) is 0 Å². The predicted molar refractivity (Wildman–Crippen MR) is 82.5 cm³/mol. The highest BCUT2D eigenvalue weighted by Gasteiger charge is 2.41. The number of carbonyl (C=O) groups excluding carboxylic acids is 2. The molecule has 2 amide bonds. The van der Waals surface area contributed by atoms with Crippen LogP contribution >= 0.6 is 0 Å². The van der Waals surface area contributed by atoms with Crippen LogP contribution in [0.25, 0.3) is 0 Å². The average Bonchev–Trinajstić information content (AvgIpc) is 2.45. The summed E-state index contributed by atoms with van der Waals surface area (Å²) in [5.74, 6) is 0.667. The van der Waals surface area contributed by atoms with Crippen molar-refractivity contribution in [1.82, 2.24) is 10.2 Å². The van der Waals surface area contributed by atoms with Gasteiger partial charge in [-0.05, 0) is 43.1 Å². The lowest BCUT2D eigenvalue weighted by Gasteiger charge is -2.47. The molecule has 0 radical (unpaired) electrons. The van der Waals surface area contributed by atoms with E-state index in [9.17, 15) is 9.59 Å². The van der Waals surface area contributed by atoms with Crippen LogP contribution in [0.5, 0.6) is 0 Å². The minimum atomic E-state index is -0.182. The van der Waals surface area contributed by atoms with E-state index in [-0.39, 0.29) is 17.9 Å². The van der Waals surface area contributed by atoms with Crippen LogP contribution in [0.3, 0.4) is 0 Å². The normalized spacial score (nSPS) is 32.1. The Labute approximate surface area is 127 Å². The highest BCUT2D eigenvalue weighted by molar-refractivity contribution is 5.99. The van der Waals surface area contributed by atoms with Crippen LogP contribution in [0.1, 0.15) is 46.5 Å². The van der Waals surface area contributed by atoms with Gasteiger partial charge in [0.15, 0.2) is 0 Å². The topological polar surface area (TPSA) is 75.4 Å². The summed E-state index contributed by atoms with van der Waals surface area (Å²) >= 11 is 0. The van der Waals surface area contributed by atoms with Crippen LogP contribution in [0, 0.1) is 17.3 Å². The number of hydrogen-bond acceptors (Lipinski definition) is 4. The first-order valence-electron chi connectivity index (χ1n) is 8.14. The number of amides is 2. The molecule has 1 aliphatic heterocycles. The summed E-state index contributed by atoms with van der Waals surface area (Å²) in [6.07, 6.45) is 4.50. The lowest BCUT2D eigenvalue weighted by Crippen LogP contribution is -2.58. The molecule has 0 aromatic heterocycles. The number of rotatable bonds is 4. The summed E-state index contributed by atoms with van der Waals surface area (Å²) in [7, 11) is 0. The second kappa shape index (κ2) is 6.44. The number of nitrogens with one attached hydrogen (secondary N) is 1. The van der Waals surface area contributed by atoms with E-state index in [1.165, 1.54) is 6.42 Å². The molecule has 0 bridgehead atoms. The molecule has 5 nitrogen and oxygen atoms in total. The standard InChI is InChI=1S/C16H29N3O2/c1-4-16(2,3)12-6-5-11(8-17)13(7-12)19-9-14(20)18-15(21)10-19/h11-13H,4-10,17H2,1-3H3,(H,18,20,21). The maximum absolute atomic E-state index is 11.7. The Morgan fingerprint density at radius 2 is 1.86 bits per heavy atom. The van der Waals surface area contributed by atoms with Crippen molar-refractivity contribution in [2.75, 3.05) is 19.6 Å². The van der Waals surface area contributed by atoms with Gasteiger partial charge >= 0.3 is 0 Å². The molecule has 1 heterocycles. The lowest BCUT2D eigenvalue weighted by molar-refractivity contribution is -0.138. The summed E-state index contributed by atoms with van der Waals surface area (Å²) in [5.41, 5.74) is 6.25. The zero-order valence-corrected chi connectivity index (χ0v) is 13.5. The number of nitrogens with two attached hydrogens (primary N) is 1. The van der Waals surface area contributed by atoms with Gasteiger partial charge in [0.1, 0.15) is 0 Å². The first kappa shape index (κ1) is 16.4. The Hall–Kier alpha value is -0.940. The molecule has 1 saturated carbocycles. The van der Waals surface area contributed by atoms with Crippen molar-refractivity contribution in [2.45, 2.75) is 52.5 Å². The second-order valence-corrected chi connectivity index (χ2v) is 7.29. The van der Waals surface area contributed by atoms with Gasteiger partial charge in [0.25, 0.3) is 0 Å². The Kier molecular flexibility index (Phi) is 5.04. The zero-order valence-electron chi connectivity index (χ0n) is 13.5. The number of imide groups is 1. The first-order chi connectivity index (χ1) is 9.87. The zero-order chi connectivity index (χ0) is 15.6. The van der Waals surface area contributed by atoms with Gasteiger partial charge in [-0.2, -0.15) is 0 Å². The molecule has 3 N–H and O–H groups in total. The van der Waals surface area contributed by atoms with Gasteiger partial charge in [0.05, 0.1) is 13.1 Å². The predicted octanol–water partition coefficient (Wildman–Crippen LogP) is 1.12. The van der Waals surface area contributed by atoms with E-state index >= 15 is 0 Å². The molecule has 2 aliphatic rings. The summed E-state index contributed by atoms with van der Waals surface area (Å²) < 4.78 is 0. The first-order valence-corrected chi connectivity index (χ1v) is 8.14. The van der Waals surface area contributed by atoms with E-state index in [2.05, 4.69) is 31.0 Å². The maximum atomic E-state index is 11.7. The number of nitrogens with zero attached hydrogens (tertiary/aromatic N) is 1. The number of hydrogen-bond donors (Lipinski definition) is 2. The number of piperazine rings is 1. The Bertz CT molecular complexity index is 392. The van der Waals surface area contributed by atoms with Gasteiger partial charge in [-0.25, -0.2) is 0 Å². The van der Waals surface area contributed by atoms with Crippen molar-refractivity contribution in [3.63, 3.8) is 0 Å². The molecular weight excluding hydrogens is 266 g/mol. The molecule has 1 saturated heterocycles. The minimum Gasteiger partial charge on any atom is -0.330 e. The van der Waals surface area contributed by atoms with Gasteiger partial charge in [0.2, 0.25) is 11.8 Å². The van der Waals surface area contributed by atoms with Crippen LogP contribution < -0.4 is 11.1 Å². The largest absolute Gasteiger partial charge is 0.330 e. The van der Waals surface area contributed by atoms with E-state index in [0.29, 0.717) is 36.9 Å². The molecule has 0 aromatic rings. The maximum Gasteiger partial charge on any atom is 0.240 e. The molecule has 120 valence electrons. The van der Waals surface area contributed by atoms with Crippen LogP contribution in [-0.4, -0.2) is 42.4 Å². The smallest absolute Gasteiger partial charge is 0.240 e. The van der Waals surface area contributed by atoms with E-state index in [1.54, 1.807) is 0 Å². The lowest BCUT2D eigenvalue weighted by atomic mass is 9.65. The van der Waals surface area contributed by atoms with Crippen LogP contribution in [-0.2, 0) is 9.59 Å². The SMILES string of the molecule is CCC(C)(C)C1CCC(CN)C(N2CC(=O)NC(=O)C2)C1. The van der Waals surface area contributed by atoms with Crippen molar-refractivity contribution in [3.05, 3.63) is 0 Å². The van der Waals surface area contributed by atoms with Crippen molar-refractivity contribution >= 4 is 11.8 Å². The highest BCUT2D eigenvalue weighted by Crippen LogP contribution is 2.43. The molecule has 3 unspecified atom stereocenters. The third kappa shape index (κ3) is 3.64. The fourth-order valence-corrected chi connectivity index (χ4v) is 3.82. The van der Waals surface area contributed by atoms with Gasteiger partial charge in [-0.3, -0.25) is 19.8 Å². The quantitative estimate of drug-likeness (QED) is 0.762. The van der Waals surface area contributed by atoms with Crippen molar-refractivity contribution in [1.29, 1.82) is 0 Å². The Morgan fingerprint density at radius 3 is 2.38 bits per heavy atom. The fraction of sp³-hybridized carbons (Fsp3) is 0.875. The molecule has 0 aromatic carbocycles. The van der Waals surface area contributed by atoms with Crippen molar-refractivity contribution < 1.29 is 9.59 Å². The highest BCUT2D eigenvalue weighted by atomic mass is 16.2. The van der Waals surface area contributed by atoms with E-state index < -0.39 is 0 Å². The van der Waals surface area contributed by atoms with Gasteiger partial charge in [-0.1, -0.05) is 27.2 Å². The van der Waals surface area contributed by atoms with Crippen molar-refractivity contribution in [3.8, 4) is 0 Å². The van der Waals surface area contributed by atoms with Gasteiger partial charge in [-0.15, -0.1) is 0 Å². The summed E-state index contributed by atoms with van der Waals surface area (Å²) in [4.78, 5) is 25.4. The average molecular weight is 295 g/mol. The molecular formula is C16H29N3O2. The Morgan fingerprint density at radius 1 is 1.24 bits per heavy atom. The molecule has 0 spiro atoms. The molecule has 5 heteroatoms. The molecule has 1 aliphatic carbocycles. The molecule has 21 heavy (non-hydrogen) atoms. The third-order valence-electron chi connectivity index (χ3n) is 5.72. The number of carbonyl (C=O) groups is 2. The summed E-state index contributed by atoms with van der Waals surface area (Å²) in [5, 5.41) is 2.38. The van der Waals surface area contributed by atoms with Crippen LogP contribution in [0.2, 0.25) is 0 Å². The van der Waals surface area contributed by atoms with Crippen LogP contribution in [0.15, 0.2) is 0 Å². The van der Waals surface area contributed by atoms with Gasteiger partial charge < -0.3 is 5.73 Å². The summed E-state index contributed by atoms with van der Waals surface area (Å²) in [6, 6.07) is 0.259. The van der Waals surface area contributed by atoms with E-state index in [0.717, 1.165) is 19.3 Å². The fourth-order valence-electron chi connectivity index (χ4n) is 3.82. The van der Waals surface area contributed by atoms with E-state index in [1.807, 2.05) is 0 Å². The molecule has 2 rings (SSSR count). The van der Waals surface area contributed by atoms with E-state index in [4.69, 9.17) is 5.73 Å². The van der Waals surface area contributed by atoms with Gasteiger partial charge in [0, 0.05) is 6.04 Å². The third-order valence-corrected chi connectivity index (χ3v) is 5.72. The monoisotopic (exact) mass is 295 g/mol. The molecule has 3 atom stereocenters.